The van der Waals surface area contributed by atoms with E-state index in [-0.39, 0.29) is 17.5 Å². The summed E-state index contributed by atoms with van der Waals surface area (Å²) in [4.78, 5) is 18.1. The molecule has 0 saturated carbocycles. The van der Waals surface area contributed by atoms with Gasteiger partial charge in [-0.15, -0.1) is 0 Å². The molecule has 2 aliphatic heterocycles. The lowest BCUT2D eigenvalue weighted by atomic mass is 9.96. The standard InChI is InChI=1S/C12H21N3OS/c1-4-12(2)6-8-17-11(14-12)13-9-5-7-15(3)10(9)16/h9H,4-8H2,1-3H3,(H,13,14). The molecule has 17 heavy (non-hydrogen) atoms. The highest BCUT2D eigenvalue weighted by Gasteiger charge is 2.32. The van der Waals surface area contributed by atoms with Crippen molar-refractivity contribution in [1.29, 1.82) is 0 Å². The number of likely N-dealkylation sites (N-methyl/N-ethyl adjacent to an activating group) is 1. The van der Waals surface area contributed by atoms with Gasteiger partial charge >= 0.3 is 0 Å². The summed E-state index contributed by atoms with van der Waals surface area (Å²) in [6, 6.07) is -0.158. The van der Waals surface area contributed by atoms with Crippen LogP contribution in [0.5, 0.6) is 0 Å². The molecule has 0 aliphatic carbocycles. The number of aliphatic imine (C=N–C) groups is 1. The van der Waals surface area contributed by atoms with Gasteiger partial charge in [0.05, 0.1) is 0 Å². The molecule has 2 saturated heterocycles. The molecule has 0 aromatic rings. The second kappa shape index (κ2) is 4.88. The topological polar surface area (TPSA) is 44.7 Å². The molecule has 4 nitrogen and oxygen atoms in total. The summed E-state index contributed by atoms with van der Waals surface area (Å²) in [5.74, 6) is 1.25. The van der Waals surface area contributed by atoms with Crippen molar-refractivity contribution in [2.24, 2.45) is 4.99 Å². The molecule has 96 valence electrons. The van der Waals surface area contributed by atoms with Gasteiger partial charge < -0.3 is 10.2 Å². The average molecular weight is 255 g/mol. The van der Waals surface area contributed by atoms with Gasteiger partial charge in [0.15, 0.2) is 5.17 Å². The number of likely N-dealkylation sites (tertiary alicyclic amines) is 1. The van der Waals surface area contributed by atoms with Crippen molar-refractivity contribution in [3.8, 4) is 0 Å². The molecule has 0 radical (unpaired) electrons. The summed E-state index contributed by atoms with van der Waals surface area (Å²) >= 11 is 1.74. The number of nitrogens with one attached hydrogen (secondary N) is 1. The summed E-state index contributed by atoms with van der Waals surface area (Å²) in [6.45, 7) is 5.25. The Morgan fingerprint density at radius 3 is 3.00 bits per heavy atom. The normalized spacial score (nSPS) is 36.4. The first kappa shape index (κ1) is 12.7. The lowest BCUT2D eigenvalue weighted by Gasteiger charge is -2.35. The van der Waals surface area contributed by atoms with E-state index in [1.165, 1.54) is 0 Å². The molecule has 2 rings (SSSR count). The fraction of sp³-hybridized carbons (Fsp3) is 0.833. The van der Waals surface area contributed by atoms with Crippen molar-refractivity contribution in [3.63, 3.8) is 0 Å². The van der Waals surface area contributed by atoms with Crippen molar-refractivity contribution >= 4 is 22.8 Å². The lowest BCUT2D eigenvalue weighted by Crippen LogP contribution is -2.48. The van der Waals surface area contributed by atoms with Gasteiger partial charge in [0.2, 0.25) is 5.91 Å². The molecule has 2 aliphatic rings. The molecule has 5 heteroatoms. The van der Waals surface area contributed by atoms with E-state index in [4.69, 9.17) is 0 Å². The number of hydrogen-bond donors (Lipinski definition) is 1. The van der Waals surface area contributed by atoms with Crippen LogP contribution in [0.3, 0.4) is 0 Å². The Kier molecular flexibility index (Phi) is 3.66. The quantitative estimate of drug-likeness (QED) is 0.812. The third-order valence-corrected chi connectivity index (χ3v) is 4.64. The van der Waals surface area contributed by atoms with Gasteiger partial charge in [0.1, 0.15) is 6.04 Å². The van der Waals surface area contributed by atoms with Gasteiger partial charge in [-0.3, -0.25) is 4.79 Å². The number of rotatable bonds is 2. The Balaban J connectivity index is 2.04. The van der Waals surface area contributed by atoms with Crippen LogP contribution in [0.2, 0.25) is 0 Å². The van der Waals surface area contributed by atoms with Gasteiger partial charge in [-0.25, -0.2) is 4.99 Å². The fourth-order valence-electron chi connectivity index (χ4n) is 2.13. The zero-order chi connectivity index (χ0) is 12.5. The van der Waals surface area contributed by atoms with Crippen LogP contribution >= 0.6 is 11.8 Å². The van der Waals surface area contributed by atoms with Gasteiger partial charge in [-0.2, -0.15) is 0 Å². The Morgan fingerprint density at radius 2 is 2.41 bits per heavy atom. The van der Waals surface area contributed by atoms with Crippen molar-refractivity contribution in [2.45, 2.75) is 44.7 Å². The van der Waals surface area contributed by atoms with Crippen LogP contribution < -0.4 is 5.32 Å². The SMILES string of the molecule is CCC1(C)CCSC(=NC2CCN(C)C2=O)N1. The molecular formula is C12H21N3OS. The maximum atomic E-state index is 11.8. The van der Waals surface area contributed by atoms with Gasteiger partial charge in [-0.1, -0.05) is 18.7 Å². The summed E-state index contributed by atoms with van der Waals surface area (Å²) in [5, 5.41) is 4.44. The fourth-order valence-corrected chi connectivity index (χ4v) is 3.40. The van der Waals surface area contributed by atoms with Crippen molar-refractivity contribution in [1.82, 2.24) is 10.2 Å². The van der Waals surface area contributed by atoms with E-state index >= 15 is 0 Å². The average Bonchev–Trinajstić information content (AvgIpc) is 2.61. The molecule has 1 N–H and O–H groups in total. The van der Waals surface area contributed by atoms with Gasteiger partial charge in [-0.05, 0) is 26.2 Å². The van der Waals surface area contributed by atoms with E-state index in [0.29, 0.717) is 0 Å². The van der Waals surface area contributed by atoms with Crippen LogP contribution in [0.1, 0.15) is 33.1 Å². The number of amidine groups is 1. The summed E-state index contributed by atoms with van der Waals surface area (Å²) in [7, 11) is 1.85. The lowest BCUT2D eigenvalue weighted by molar-refractivity contribution is -0.127. The number of carbonyl (C=O) groups is 1. The summed E-state index contributed by atoms with van der Waals surface area (Å²) in [6.07, 6.45) is 3.10. The van der Waals surface area contributed by atoms with Crippen LogP contribution in [-0.2, 0) is 4.79 Å². The first-order valence-electron chi connectivity index (χ1n) is 6.28. The Morgan fingerprint density at radius 1 is 1.65 bits per heavy atom. The van der Waals surface area contributed by atoms with E-state index in [2.05, 4.69) is 24.2 Å². The molecule has 1 amide bonds. The van der Waals surface area contributed by atoms with Gasteiger partial charge in [0, 0.05) is 24.9 Å². The molecular weight excluding hydrogens is 234 g/mol. The zero-order valence-corrected chi connectivity index (χ0v) is 11.6. The number of carbonyl (C=O) groups excluding carboxylic acids is 1. The summed E-state index contributed by atoms with van der Waals surface area (Å²) in [5.41, 5.74) is 0.150. The second-order valence-corrected chi connectivity index (χ2v) is 6.22. The van der Waals surface area contributed by atoms with Crippen LogP contribution in [-0.4, -0.2) is 46.9 Å². The predicted octanol–water partition coefficient (Wildman–Crippen LogP) is 1.47. The number of nitrogens with zero attached hydrogens (tertiary/aromatic N) is 2. The largest absolute Gasteiger partial charge is 0.360 e. The highest BCUT2D eigenvalue weighted by Crippen LogP contribution is 2.26. The van der Waals surface area contributed by atoms with E-state index < -0.39 is 0 Å². The van der Waals surface area contributed by atoms with Crippen LogP contribution in [0.15, 0.2) is 4.99 Å². The van der Waals surface area contributed by atoms with Crippen LogP contribution in [0, 0.1) is 0 Å². The Bertz CT molecular complexity index is 345. The first-order valence-corrected chi connectivity index (χ1v) is 7.26. The minimum absolute atomic E-state index is 0.150. The van der Waals surface area contributed by atoms with E-state index in [1.54, 1.807) is 16.7 Å². The molecule has 2 heterocycles. The Hall–Kier alpha value is -0.710. The smallest absolute Gasteiger partial charge is 0.247 e. The van der Waals surface area contributed by atoms with Gasteiger partial charge in [0.25, 0.3) is 0 Å². The summed E-state index contributed by atoms with van der Waals surface area (Å²) < 4.78 is 0. The minimum atomic E-state index is -0.158. The van der Waals surface area contributed by atoms with E-state index in [0.717, 1.165) is 36.7 Å². The Labute approximate surface area is 107 Å². The molecule has 2 atom stereocenters. The van der Waals surface area contributed by atoms with Crippen molar-refractivity contribution in [2.75, 3.05) is 19.3 Å². The maximum absolute atomic E-state index is 11.8. The molecule has 0 spiro atoms. The monoisotopic (exact) mass is 255 g/mol. The highest BCUT2D eigenvalue weighted by atomic mass is 32.2. The zero-order valence-electron chi connectivity index (χ0n) is 10.8. The molecule has 2 fully saturated rings. The highest BCUT2D eigenvalue weighted by molar-refractivity contribution is 8.13. The molecule has 0 bridgehead atoms. The molecule has 2 unspecified atom stereocenters. The van der Waals surface area contributed by atoms with Crippen molar-refractivity contribution < 1.29 is 4.79 Å². The first-order chi connectivity index (χ1) is 8.04. The van der Waals surface area contributed by atoms with Crippen LogP contribution in [0.4, 0.5) is 0 Å². The van der Waals surface area contributed by atoms with Crippen LogP contribution in [0.25, 0.3) is 0 Å². The number of amides is 1. The minimum Gasteiger partial charge on any atom is -0.360 e. The van der Waals surface area contributed by atoms with E-state index in [1.807, 2.05) is 7.05 Å². The predicted molar refractivity (Wildman–Crippen MR) is 72.4 cm³/mol. The second-order valence-electron chi connectivity index (χ2n) is 5.14. The number of hydrogen-bond acceptors (Lipinski definition) is 3. The third-order valence-electron chi connectivity index (χ3n) is 3.75. The third kappa shape index (κ3) is 2.76. The number of thioether (sulfide) groups is 1. The maximum Gasteiger partial charge on any atom is 0.247 e. The van der Waals surface area contributed by atoms with E-state index in [9.17, 15) is 4.79 Å². The molecule has 0 aromatic heterocycles. The molecule has 0 aromatic carbocycles. The van der Waals surface area contributed by atoms with Crippen molar-refractivity contribution in [3.05, 3.63) is 0 Å².